The highest BCUT2D eigenvalue weighted by atomic mass is 35.5. The summed E-state index contributed by atoms with van der Waals surface area (Å²) in [5.74, 6) is 1.90. The molecule has 0 bridgehead atoms. The predicted molar refractivity (Wildman–Crippen MR) is 123 cm³/mol. The molecule has 0 atom stereocenters. The molecule has 1 aliphatic rings. The standard InChI is InChI=1S/C25H30ClN3O/c26-21-11-6-10-20(18-21)25(30)27-16-7-14-24-28-22-12-4-5-13-23(22)29(24)17-15-19-8-2-1-3-9-19/h4-6,10-13,18-19H,1-3,7-9,14-17H2,(H,27,30). The largest absolute Gasteiger partial charge is 0.352 e. The van der Waals surface area contributed by atoms with Gasteiger partial charge >= 0.3 is 0 Å². The van der Waals surface area contributed by atoms with Crippen LogP contribution in [0.2, 0.25) is 5.02 Å². The van der Waals surface area contributed by atoms with Crippen molar-refractivity contribution in [2.75, 3.05) is 6.54 Å². The second kappa shape index (κ2) is 10.1. The SMILES string of the molecule is O=C(NCCCc1nc2ccccc2n1CCC1CCCCC1)c1cccc(Cl)c1. The first kappa shape index (κ1) is 20.9. The lowest BCUT2D eigenvalue weighted by molar-refractivity contribution is 0.0953. The number of carbonyl (C=O) groups excluding carboxylic acids is 1. The fourth-order valence-electron chi connectivity index (χ4n) is 4.53. The summed E-state index contributed by atoms with van der Waals surface area (Å²) >= 11 is 5.98. The van der Waals surface area contributed by atoms with Gasteiger partial charge in [0, 0.05) is 30.1 Å². The molecule has 0 aliphatic heterocycles. The minimum atomic E-state index is -0.0803. The minimum Gasteiger partial charge on any atom is -0.352 e. The van der Waals surface area contributed by atoms with Crippen molar-refractivity contribution in [1.82, 2.24) is 14.9 Å². The van der Waals surface area contributed by atoms with Crippen LogP contribution in [0.25, 0.3) is 11.0 Å². The Morgan fingerprint density at radius 2 is 1.93 bits per heavy atom. The van der Waals surface area contributed by atoms with Crippen molar-refractivity contribution in [3.8, 4) is 0 Å². The van der Waals surface area contributed by atoms with E-state index in [4.69, 9.17) is 16.6 Å². The Balaban J connectivity index is 1.36. The zero-order valence-corrected chi connectivity index (χ0v) is 18.2. The van der Waals surface area contributed by atoms with Crippen molar-refractivity contribution in [2.24, 2.45) is 5.92 Å². The van der Waals surface area contributed by atoms with E-state index in [0.29, 0.717) is 17.1 Å². The molecule has 158 valence electrons. The molecule has 1 aliphatic carbocycles. The van der Waals surface area contributed by atoms with Gasteiger partial charge in [-0.25, -0.2) is 4.98 Å². The molecule has 5 heteroatoms. The van der Waals surface area contributed by atoms with Crippen molar-refractivity contribution in [3.63, 3.8) is 0 Å². The molecule has 1 aromatic heterocycles. The van der Waals surface area contributed by atoms with Crippen molar-refractivity contribution in [1.29, 1.82) is 0 Å². The van der Waals surface area contributed by atoms with Gasteiger partial charge in [-0.05, 0) is 49.1 Å². The smallest absolute Gasteiger partial charge is 0.251 e. The molecule has 0 spiro atoms. The summed E-state index contributed by atoms with van der Waals surface area (Å²) in [5, 5.41) is 3.58. The summed E-state index contributed by atoms with van der Waals surface area (Å²) in [6.45, 7) is 1.66. The van der Waals surface area contributed by atoms with E-state index in [1.807, 2.05) is 0 Å². The summed E-state index contributed by atoms with van der Waals surface area (Å²) in [6.07, 6.45) is 9.86. The Morgan fingerprint density at radius 3 is 2.77 bits per heavy atom. The lowest BCUT2D eigenvalue weighted by atomic mass is 9.87. The summed E-state index contributed by atoms with van der Waals surface area (Å²) in [5.41, 5.74) is 2.90. The second-order valence-corrected chi connectivity index (χ2v) is 8.77. The highest BCUT2D eigenvalue weighted by molar-refractivity contribution is 6.30. The van der Waals surface area contributed by atoms with E-state index in [0.717, 1.165) is 36.6 Å². The van der Waals surface area contributed by atoms with Crippen LogP contribution in [0.5, 0.6) is 0 Å². The number of amides is 1. The number of fused-ring (bicyclic) bond motifs is 1. The van der Waals surface area contributed by atoms with Crippen LogP contribution in [0.1, 0.15) is 61.1 Å². The first-order valence-electron chi connectivity index (χ1n) is 11.2. The van der Waals surface area contributed by atoms with Gasteiger partial charge in [0.1, 0.15) is 5.82 Å². The Morgan fingerprint density at radius 1 is 1.10 bits per heavy atom. The quantitative estimate of drug-likeness (QED) is 0.450. The van der Waals surface area contributed by atoms with E-state index in [-0.39, 0.29) is 5.91 Å². The van der Waals surface area contributed by atoms with E-state index in [9.17, 15) is 4.79 Å². The zero-order valence-electron chi connectivity index (χ0n) is 17.4. The molecule has 1 amide bonds. The number of nitrogens with zero attached hydrogens (tertiary/aromatic N) is 2. The fourth-order valence-corrected chi connectivity index (χ4v) is 4.72. The molecule has 3 aromatic rings. The molecule has 1 fully saturated rings. The van der Waals surface area contributed by atoms with Gasteiger partial charge in [-0.1, -0.05) is 61.9 Å². The van der Waals surface area contributed by atoms with Gasteiger partial charge in [-0.2, -0.15) is 0 Å². The summed E-state index contributed by atoms with van der Waals surface area (Å²) in [4.78, 5) is 17.2. The molecular formula is C25H30ClN3O. The molecule has 4 nitrogen and oxygen atoms in total. The van der Waals surface area contributed by atoms with Crippen molar-refractivity contribution in [2.45, 2.75) is 57.9 Å². The highest BCUT2D eigenvalue weighted by Gasteiger charge is 2.16. The molecule has 1 heterocycles. The van der Waals surface area contributed by atoms with Crippen LogP contribution in [0.3, 0.4) is 0 Å². The number of hydrogen-bond donors (Lipinski definition) is 1. The molecule has 30 heavy (non-hydrogen) atoms. The number of hydrogen-bond acceptors (Lipinski definition) is 2. The first-order chi connectivity index (χ1) is 14.7. The van der Waals surface area contributed by atoms with E-state index in [1.165, 1.54) is 44.0 Å². The number of halogens is 1. The number of aromatic nitrogens is 2. The Labute approximate surface area is 183 Å². The third-order valence-electron chi connectivity index (χ3n) is 6.17. The third kappa shape index (κ3) is 5.23. The number of imidazole rings is 1. The van der Waals surface area contributed by atoms with Crippen molar-refractivity contribution < 1.29 is 4.79 Å². The number of nitrogens with one attached hydrogen (secondary N) is 1. The van der Waals surface area contributed by atoms with Gasteiger partial charge in [0.25, 0.3) is 5.91 Å². The number of carbonyl (C=O) groups is 1. The predicted octanol–water partition coefficient (Wildman–Crippen LogP) is 6.02. The maximum atomic E-state index is 12.3. The van der Waals surface area contributed by atoms with E-state index >= 15 is 0 Å². The average Bonchev–Trinajstić information content (AvgIpc) is 3.13. The second-order valence-electron chi connectivity index (χ2n) is 8.33. The fraction of sp³-hybridized carbons (Fsp3) is 0.440. The number of benzene rings is 2. The van der Waals surface area contributed by atoms with Crippen LogP contribution in [0.15, 0.2) is 48.5 Å². The van der Waals surface area contributed by atoms with E-state index < -0.39 is 0 Å². The molecule has 1 N–H and O–H groups in total. The van der Waals surface area contributed by atoms with Gasteiger partial charge in [-0.15, -0.1) is 0 Å². The summed E-state index contributed by atoms with van der Waals surface area (Å²) < 4.78 is 2.41. The van der Waals surface area contributed by atoms with Crippen molar-refractivity contribution >= 4 is 28.5 Å². The molecular weight excluding hydrogens is 394 g/mol. The zero-order chi connectivity index (χ0) is 20.8. The van der Waals surface area contributed by atoms with Crippen molar-refractivity contribution in [3.05, 3.63) is 64.9 Å². The van der Waals surface area contributed by atoms with E-state index in [1.54, 1.807) is 24.3 Å². The molecule has 4 rings (SSSR count). The topological polar surface area (TPSA) is 46.9 Å². The van der Waals surface area contributed by atoms with Gasteiger partial charge < -0.3 is 9.88 Å². The van der Waals surface area contributed by atoms with Crippen LogP contribution >= 0.6 is 11.6 Å². The lowest BCUT2D eigenvalue weighted by Gasteiger charge is -2.22. The normalized spacial score (nSPS) is 14.8. The van der Waals surface area contributed by atoms with E-state index in [2.05, 4.69) is 34.1 Å². The Bertz CT molecular complexity index is 991. The number of rotatable bonds is 8. The van der Waals surface area contributed by atoms with Crippen LogP contribution in [-0.2, 0) is 13.0 Å². The first-order valence-corrected chi connectivity index (χ1v) is 11.6. The van der Waals surface area contributed by atoms with Crippen LogP contribution in [-0.4, -0.2) is 22.0 Å². The molecule has 0 saturated heterocycles. The third-order valence-corrected chi connectivity index (χ3v) is 6.40. The maximum absolute atomic E-state index is 12.3. The number of para-hydroxylation sites is 2. The average molecular weight is 424 g/mol. The minimum absolute atomic E-state index is 0.0803. The van der Waals surface area contributed by atoms with Crippen LogP contribution in [0, 0.1) is 5.92 Å². The maximum Gasteiger partial charge on any atom is 0.251 e. The van der Waals surface area contributed by atoms with Gasteiger partial charge in [-0.3, -0.25) is 4.79 Å². The highest BCUT2D eigenvalue weighted by Crippen LogP contribution is 2.28. The van der Waals surface area contributed by atoms with Gasteiger partial charge in [0.2, 0.25) is 0 Å². The molecule has 2 aromatic carbocycles. The monoisotopic (exact) mass is 423 g/mol. The van der Waals surface area contributed by atoms with Crippen LogP contribution < -0.4 is 5.32 Å². The molecule has 0 radical (unpaired) electrons. The Kier molecular flexibility index (Phi) is 7.06. The van der Waals surface area contributed by atoms with Gasteiger partial charge in [0.15, 0.2) is 0 Å². The Hall–Kier alpha value is -2.33. The molecule has 0 unspecified atom stereocenters. The summed E-state index contributed by atoms with van der Waals surface area (Å²) in [7, 11) is 0. The number of aryl methyl sites for hydroxylation is 2. The van der Waals surface area contributed by atoms with Gasteiger partial charge in [0.05, 0.1) is 11.0 Å². The summed E-state index contributed by atoms with van der Waals surface area (Å²) in [6, 6.07) is 15.5. The molecule has 1 saturated carbocycles. The lowest BCUT2D eigenvalue weighted by Crippen LogP contribution is -2.25. The van der Waals surface area contributed by atoms with Crippen LogP contribution in [0.4, 0.5) is 0 Å².